The van der Waals surface area contributed by atoms with Crippen molar-refractivity contribution >= 4 is 6.29 Å². The van der Waals surface area contributed by atoms with Crippen LogP contribution < -0.4 is 0 Å². The van der Waals surface area contributed by atoms with Gasteiger partial charge in [0.15, 0.2) is 6.29 Å². The van der Waals surface area contributed by atoms with Gasteiger partial charge in [-0.05, 0) is 44.0 Å². The summed E-state index contributed by atoms with van der Waals surface area (Å²) in [7, 11) is 0. The molecule has 0 atom stereocenters. The molecule has 0 radical (unpaired) electrons. The van der Waals surface area contributed by atoms with E-state index in [-0.39, 0.29) is 0 Å². The fraction of sp³-hybridized carbons (Fsp3) is 0.231. The summed E-state index contributed by atoms with van der Waals surface area (Å²) in [5, 5.41) is 4.21. The Balaban J connectivity index is 2.54. The Kier molecular flexibility index (Phi) is 2.60. The van der Waals surface area contributed by atoms with Gasteiger partial charge < -0.3 is 0 Å². The van der Waals surface area contributed by atoms with Gasteiger partial charge >= 0.3 is 0 Å². The Hall–Kier alpha value is -1.90. The third kappa shape index (κ3) is 1.65. The van der Waals surface area contributed by atoms with Gasteiger partial charge in [-0.3, -0.25) is 4.79 Å². The predicted octanol–water partition coefficient (Wildman–Crippen LogP) is 2.61. The highest BCUT2D eigenvalue weighted by Gasteiger charge is 2.07. The van der Waals surface area contributed by atoms with E-state index in [0.717, 1.165) is 17.7 Å². The first-order valence-corrected chi connectivity index (χ1v) is 5.21. The van der Waals surface area contributed by atoms with Gasteiger partial charge in [0.2, 0.25) is 0 Å². The Morgan fingerprint density at radius 3 is 2.50 bits per heavy atom. The first-order valence-electron chi connectivity index (χ1n) is 5.21. The van der Waals surface area contributed by atoms with Crippen molar-refractivity contribution in [3.8, 4) is 5.69 Å². The fourth-order valence-corrected chi connectivity index (χ4v) is 1.66. The number of rotatable bonds is 2. The molecule has 1 aromatic heterocycles. The molecular weight excluding hydrogens is 200 g/mol. The number of aldehydes is 1. The lowest BCUT2D eigenvalue weighted by Gasteiger charge is -2.07. The molecule has 1 heterocycles. The highest BCUT2D eigenvalue weighted by Crippen LogP contribution is 2.16. The summed E-state index contributed by atoms with van der Waals surface area (Å²) in [5.41, 5.74) is 4.98. The van der Waals surface area contributed by atoms with Crippen LogP contribution in [0.25, 0.3) is 5.69 Å². The van der Waals surface area contributed by atoms with E-state index in [4.69, 9.17) is 0 Å². The van der Waals surface area contributed by atoms with E-state index in [1.807, 2.05) is 13.0 Å². The van der Waals surface area contributed by atoms with E-state index in [0.29, 0.717) is 5.56 Å². The molecule has 0 aliphatic carbocycles. The van der Waals surface area contributed by atoms with Crippen LogP contribution in [0, 0.1) is 20.8 Å². The Labute approximate surface area is 94.7 Å². The molecule has 0 bridgehead atoms. The molecule has 82 valence electrons. The maximum Gasteiger partial charge on any atom is 0.153 e. The predicted molar refractivity (Wildman–Crippen MR) is 63.2 cm³/mol. The number of benzene rings is 1. The number of carbonyl (C=O) groups excluding carboxylic acids is 1. The monoisotopic (exact) mass is 214 g/mol. The zero-order valence-corrected chi connectivity index (χ0v) is 9.69. The van der Waals surface area contributed by atoms with Gasteiger partial charge in [0.1, 0.15) is 0 Å². The highest BCUT2D eigenvalue weighted by molar-refractivity contribution is 5.76. The standard InChI is InChI=1S/C13H14N2O/c1-9-4-5-13(6-10(9)2)15-11(3)12(8-16)7-14-15/h4-8H,1-3H3. The van der Waals surface area contributed by atoms with Crippen molar-refractivity contribution in [2.24, 2.45) is 0 Å². The zero-order chi connectivity index (χ0) is 11.7. The SMILES string of the molecule is Cc1ccc(-n2ncc(C=O)c2C)cc1C. The number of aryl methyl sites for hydroxylation is 2. The highest BCUT2D eigenvalue weighted by atomic mass is 16.1. The molecule has 0 aliphatic heterocycles. The smallest absolute Gasteiger partial charge is 0.153 e. The molecule has 0 saturated heterocycles. The van der Waals surface area contributed by atoms with Gasteiger partial charge in [-0.15, -0.1) is 0 Å². The van der Waals surface area contributed by atoms with E-state index in [9.17, 15) is 4.79 Å². The van der Waals surface area contributed by atoms with Crippen LogP contribution in [0.4, 0.5) is 0 Å². The third-order valence-corrected chi connectivity index (χ3v) is 2.91. The van der Waals surface area contributed by atoms with Gasteiger partial charge in [0.25, 0.3) is 0 Å². The van der Waals surface area contributed by atoms with Crippen molar-refractivity contribution in [3.05, 3.63) is 46.8 Å². The number of carbonyl (C=O) groups is 1. The van der Waals surface area contributed by atoms with E-state index >= 15 is 0 Å². The van der Waals surface area contributed by atoms with Crippen LogP contribution in [-0.2, 0) is 0 Å². The minimum absolute atomic E-state index is 0.637. The lowest BCUT2D eigenvalue weighted by molar-refractivity contribution is 0.112. The summed E-state index contributed by atoms with van der Waals surface area (Å²) in [4.78, 5) is 10.7. The Morgan fingerprint density at radius 2 is 1.94 bits per heavy atom. The minimum Gasteiger partial charge on any atom is -0.298 e. The summed E-state index contributed by atoms with van der Waals surface area (Å²) in [6.07, 6.45) is 2.43. The second kappa shape index (κ2) is 3.93. The first-order chi connectivity index (χ1) is 7.63. The summed E-state index contributed by atoms with van der Waals surface area (Å²) < 4.78 is 1.79. The molecule has 0 unspecified atom stereocenters. The van der Waals surface area contributed by atoms with Gasteiger partial charge in [0, 0.05) is 0 Å². The molecule has 0 spiro atoms. The molecule has 0 aliphatic rings. The van der Waals surface area contributed by atoms with Crippen molar-refractivity contribution in [1.82, 2.24) is 9.78 Å². The average molecular weight is 214 g/mol. The van der Waals surface area contributed by atoms with E-state index < -0.39 is 0 Å². The summed E-state index contributed by atoms with van der Waals surface area (Å²) in [6.45, 7) is 6.04. The zero-order valence-electron chi connectivity index (χ0n) is 9.69. The molecule has 16 heavy (non-hydrogen) atoms. The number of hydrogen-bond donors (Lipinski definition) is 0. The van der Waals surface area contributed by atoms with E-state index in [2.05, 4.69) is 31.1 Å². The van der Waals surface area contributed by atoms with Gasteiger partial charge in [-0.1, -0.05) is 6.07 Å². The van der Waals surface area contributed by atoms with E-state index in [1.165, 1.54) is 11.1 Å². The molecule has 1 aromatic carbocycles. The third-order valence-electron chi connectivity index (χ3n) is 2.91. The Bertz CT molecular complexity index is 541. The van der Waals surface area contributed by atoms with E-state index in [1.54, 1.807) is 10.9 Å². The van der Waals surface area contributed by atoms with Crippen LogP contribution >= 0.6 is 0 Å². The lowest BCUT2D eigenvalue weighted by Crippen LogP contribution is -2.00. The molecule has 3 heteroatoms. The van der Waals surface area contributed by atoms with Crippen LogP contribution in [-0.4, -0.2) is 16.1 Å². The lowest BCUT2D eigenvalue weighted by atomic mass is 10.1. The maximum atomic E-state index is 10.7. The quantitative estimate of drug-likeness (QED) is 0.720. The minimum atomic E-state index is 0.637. The number of aromatic nitrogens is 2. The van der Waals surface area contributed by atoms with Crippen molar-refractivity contribution in [3.63, 3.8) is 0 Å². The number of hydrogen-bond acceptors (Lipinski definition) is 2. The largest absolute Gasteiger partial charge is 0.298 e. The first kappa shape index (κ1) is 10.6. The second-order valence-corrected chi connectivity index (χ2v) is 3.98. The number of nitrogens with zero attached hydrogens (tertiary/aromatic N) is 2. The summed E-state index contributed by atoms with van der Waals surface area (Å²) >= 11 is 0. The molecule has 2 aromatic rings. The molecule has 0 amide bonds. The van der Waals surface area contributed by atoms with Crippen molar-refractivity contribution in [2.75, 3.05) is 0 Å². The van der Waals surface area contributed by atoms with Crippen molar-refractivity contribution in [1.29, 1.82) is 0 Å². The molecule has 3 nitrogen and oxygen atoms in total. The molecule has 0 fully saturated rings. The molecule has 2 rings (SSSR count). The summed E-state index contributed by atoms with van der Waals surface area (Å²) in [5.74, 6) is 0. The molecule has 0 N–H and O–H groups in total. The van der Waals surface area contributed by atoms with Crippen LogP contribution in [0.2, 0.25) is 0 Å². The van der Waals surface area contributed by atoms with Crippen LogP contribution in [0.5, 0.6) is 0 Å². The van der Waals surface area contributed by atoms with Crippen LogP contribution in [0.15, 0.2) is 24.4 Å². The molecular formula is C13H14N2O. The fourth-order valence-electron chi connectivity index (χ4n) is 1.66. The topological polar surface area (TPSA) is 34.9 Å². The summed E-state index contributed by atoms with van der Waals surface area (Å²) in [6, 6.07) is 6.15. The normalized spacial score (nSPS) is 10.4. The van der Waals surface area contributed by atoms with Crippen molar-refractivity contribution < 1.29 is 4.79 Å². The van der Waals surface area contributed by atoms with Crippen LogP contribution in [0.1, 0.15) is 27.2 Å². The van der Waals surface area contributed by atoms with Gasteiger partial charge in [0.05, 0.1) is 23.1 Å². The van der Waals surface area contributed by atoms with Crippen molar-refractivity contribution in [2.45, 2.75) is 20.8 Å². The maximum absolute atomic E-state index is 10.7. The van der Waals surface area contributed by atoms with Gasteiger partial charge in [-0.25, -0.2) is 4.68 Å². The Morgan fingerprint density at radius 1 is 1.19 bits per heavy atom. The van der Waals surface area contributed by atoms with Crippen LogP contribution in [0.3, 0.4) is 0 Å². The second-order valence-electron chi connectivity index (χ2n) is 3.98. The molecule has 0 saturated carbocycles. The van der Waals surface area contributed by atoms with Gasteiger partial charge in [-0.2, -0.15) is 5.10 Å². The average Bonchev–Trinajstić information content (AvgIpc) is 2.64.